The fraction of sp³-hybridized carbons (Fsp3) is 0.611. The molecule has 0 radical (unpaired) electrons. The van der Waals surface area contributed by atoms with Crippen molar-refractivity contribution in [3.05, 3.63) is 35.4 Å². The van der Waals surface area contributed by atoms with Crippen LogP contribution in [-0.2, 0) is 16.6 Å². The molecule has 2 N–H and O–H groups in total. The molecular formula is C18H26N2O. The molecule has 1 fully saturated rings. The summed E-state index contributed by atoms with van der Waals surface area (Å²) in [6.45, 7) is 4.79. The third kappa shape index (κ3) is 2.84. The summed E-state index contributed by atoms with van der Waals surface area (Å²) in [5.41, 5.74) is 3.07. The zero-order valence-electron chi connectivity index (χ0n) is 13.0. The zero-order chi connectivity index (χ0) is 14.7. The number of amides is 1. The zero-order valence-corrected chi connectivity index (χ0v) is 13.0. The second kappa shape index (κ2) is 6.18. The number of hydrogen-bond donors (Lipinski definition) is 2. The van der Waals surface area contributed by atoms with Gasteiger partial charge in [-0.25, -0.2) is 0 Å². The fourth-order valence-electron chi connectivity index (χ4n) is 3.87. The maximum atomic E-state index is 12.4. The van der Waals surface area contributed by atoms with Crippen LogP contribution in [0.25, 0.3) is 0 Å². The molecule has 1 aromatic carbocycles. The van der Waals surface area contributed by atoms with Crippen LogP contribution in [0.2, 0.25) is 0 Å². The summed E-state index contributed by atoms with van der Waals surface area (Å²) in [7, 11) is 0. The highest BCUT2D eigenvalue weighted by Crippen LogP contribution is 2.60. The lowest BCUT2D eigenvalue weighted by atomic mass is 9.78. The Morgan fingerprint density at radius 3 is 3.00 bits per heavy atom. The Balaban J connectivity index is 1.57. The molecule has 2 atom stereocenters. The highest BCUT2D eigenvalue weighted by Gasteiger charge is 2.59. The molecule has 2 aliphatic rings. The van der Waals surface area contributed by atoms with Crippen LogP contribution in [0.1, 0.15) is 43.7 Å². The van der Waals surface area contributed by atoms with Gasteiger partial charge in [-0.15, -0.1) is 0 Å². The van der Waals surface area contributed by atoms with Crippen molar-refractivity contribution >= 4 is 5.91 Å². The number of nitrogens with one attached hydrogen (secondary N) is 2. The number of rotatable bonds is 6. The molecule has 0 bridgehead atoms. The van der Waals surface area contributed by atoms with Crippen molar-refractivity contribution in [3.8, 4) is 0 Å². The van der Waals surface area contributed by atoms with Crippen LogP contribution in [0.15, 0.2) is 24.3 Å². The number of aryl methyl sites for hydroxylation is 1. The molecule has 0 saturated heterocycles. The van der Waals surface area contributed by atoms with Crippen molar-refractivity contribution in [1.82, 2.24) is 10.6 Å². The molecule has 0 aliphatic heterocycles. The molecule has 1 saturated carbocycles. The Hall–Kier alpha value is -1.35. The number of carbonyl (C=O) groups excluding carboxylic acids is 1. The minimum atomic E-state index is 0.162. The predicted molar refractivity (Wildman–Crippen MR) is 85.3 cm³/mol. The molecular weight excluding hydrogens is 260 g/mol. The van der Waals surface area contributed by atoms with E-state index in [1.165, 1.54) is 30.4 Å². The average molecular weight is 286 g/mol. The van der Waals surface area contributed by atoms with Crippen LogP contribution < -0.4 is 10.6 Å². The minimum Gasteiger partial charge on any atom is -0.355 e. The van der Waals surface area contributed by atoms with Crippen molar-refractivity contribution in [2.75, 3.05) is 19.6 Å². The Morgan fingerprint density at radius 1 is 1.29 bits per heavy atom. The summed E-state index contributed by atoms with van der Waals surface area (Å²) in [5, 5.41) is 6.43. The molecule has 0 heterocycles. The minimum absolute atomic E-state index is 0.162. The highest BCUT2D eigenvalue weighted by atomic mass is 16.2. The van der Waals surface area contributed by atoms with Crippen LogP contribution in [0.5, 0.6) is 0 Å². The summed E-state index contributed by atoms with van der Waals surface area (Å²) in [6.07, 6.45) is 5.75. The molecule has 114 valence electrons. The second-order valence-corrected chi connectivity index (χ2v) is 6.46. The van der Waals surface area contributed by atoms with Crippen LogP contribution in [0, 0.1) is 5.92 Å². The van der Waals surface area contributed by atoms with Crippen LogP contribution >= 0.6 is 0 Å². The van der Waals surface area contributed by atoms with Gasteiger partial charge in [0.15, 0.2) is 0 Å². The molecule has 1 aromatic rings. The van der Waals surface area contributed by atoms with Gasteiger partial charge in [-0.3, -0.25) is 4.79 Å². The summed E-state index contributed by atoms with van der Waals surface area (Å²) in [6, 6.07) is 8.71. The number of fused-ring (bicyclic) bond motifs is 2. The van der Waals surface area contributed by atoms with E-state index in [1.54, 1.807) is 0 Å². The summed E-state index contributed by atoms with van der Waals surface area (Å²) in [4.78, 5) is 12.4. The van der Waals surface area contributed by atoms with Gasteiger partial charge in [0.2, 0.25) is 5.91 Å². The first-order valence-corrected chi connectivity index (χ1v) is 8.35. The van der Waals surface area contributed by atoms with Gasteiger partial charge in [-0.05, 0) is 49.8 Å². The van der Waals surface area contributed by atoms with Crippen molar-refractivity contribution in [3.63, 3.8) is 0 Å². The predicted octanol–water partition coefficient (Wildman–Crippen LogP) is 2.40. The Bertz CT molecular complexity index is 514. The Kier molecular flexibility index (Phi) is 4.29. The number of hydrogen-bond acceptors (Lipinski definition) is 2. The third-order valence-corrected chi connectivity index (χ3v) is 5.04. The van der Waals surface area contributed by atoms with E-state index in [0.717, 1.165) is 32.5 Å². The van der Waals surface area contributed by atoms with Gasteiger partial charge in [0.05, 0.1) is 0 Å². The van der Waals surface area contributed by atoms with Gasteiger partial charge in [0.1, 0.15) is 0 Å². The third-order valence-electron chi connectivity index (χ3n) is 5.04. The smallest absolute Gasteiger partial charge is 0.224 e. The van der Waals surface area contributed by atoms with Gasteiger partial charge in [0, 0.05) is 24.4 Å². The topological polar surface area (TPSA) is 41.1 Å². The largest absolute Gasteiger partial charge is 0.355 e. The first-order valence-electron chi connectivity index (χ1n) is 8.35. The van der Waals surface area contributed by atoms with E-state index >= 15 is 0 Å². The molecule has 3 rings (SSSR count). The monoisotopic (exact) mass is 286 g/mol. The Morgan fingerprint density at radius 2 is 2.14 bits per heavy atom. The normalized spacial score (nSPS) is 26.4. The molecule has 2 unspecified atom stereocenters. The van der Waals surface area contributed by atoms with Crippen LogP contribution in [-0.4, -0.2) is 25.5 Å². The van der Waals surface area contributed by atoms with Crippen molar-refractivity contribution in [2.24, 2.45) is 5.92 Å². The van der Waals surface area contributed by atoms with E-state index in [4.69, 9.17) is 0 Å². The van der Waals surface area contributed by atoms with E-state index in [9.17, 15) is 4.79 Å². The van der Waals surface area contributed by atoms with Crippen molar-refractivity contribution < 1.29 is 4.79 Å². The van der Waals surface area contributed by atoms with E-state index in [0.29, 0.717) is 0 Å². The van der Waals surface area contributed by atoms with E-state index in [-0.39, 0.29) is 17.2 Å². The summed E-state index contributed by atoms with van der Waals surface area (Å²) >= 11 is 0. The van der Waals surface area contributed by atoms with Gasteiger partial charge in [-0.1, -0.05) is 31.2 Å². The molecule has 0 aromatic heterocycles. The molecule has 21 heavy (non-hydrogen) atoms. The first-order chi connectivity index (χ1) is 10.3. The molecule has 1 amide bonds. The maximum Gasteiger partial charge on any atom is 0.224 e. The van der Waals surface area contributed by atoms with Gasteiger partial charge < -0.3 is 10.6 Å². The summed E-state index contributed by atoms with van der Waals surface area (Å²) in [5.74, 6) is 0.454. The lowest BCUT2D eigenvalue weighted by Gasteiger charge is -2.26. The average Bonchev–Trinajstić information content (AvgIpc) is 3.22. The van der Waals surface area contributed by atoms with E-state index in [2.05, 4.69) is 41.8 Å². The van der Waals surface area contributed by atoms with Gasteiger partial charge >= 0.3 is 0 Å². The Labute approximate surface area is 127 Å². The molecule has 1 spiro atoms. The maximum absolute atomic E-state index is 12.4. The number of benzene rings is 1. The van der Waals surface area contributed by atoms with E-state index in [1.807, 2.05) is 0 Å². The standard InChI is InChI=1S/C18H26N2O/c1-2-10-19-11-12-20-17(21)16-13-18(16)9-5-7-14-6-3-4-8-15(14)18/h3-4,6,8,16,19H,2,5,7,9-13H2,1H3,(H,20,21). The molecule has 2 aliphatic carbocycles. The van der Waals surface area contributed by atoms with E-state index < -0.39 is 0 Å². The van der Waals surface area contributed by atoms with Crippen LogP contribution in [0.3, 0.4) is 0 Å². The van der Waals surface area contributed by atoms with Crippen molar-refractivity contribution in [2.45, 2.75) is 44.4 Å². The SMILES string of the molecule is CCCNCCNC(=O)C1CC12CCCc1ccccc12. The van der Waals surface area contributed by atoms with Gasteiger partial charge in [0.25, 0.3) is 0 Å². The van der Waals surface area contributed by atoms with Crippen molar-refractivity contribution in [1.29, 1.82) is 0 Å². The second-order valence-electron chi connectivity index (χ2n) is 6.46. The van der Waals surface area contributed by atoms with Gasteiger partial charge in [-0.2, -0.15) is 0 Å². The lowest BCUT2D eigenvalue weighted by molar-refractivity contribution is -0.122. The molecule has 3 heteroatoms. The quantitative estimate of drug-likeness (QED) is 0.788. The summed E-state index contributed by atoms with van der Waals surface area (Å²) < 4.78 is 0. The van der Waals surface area contributed by atoms with Crippen LogP contribution in [0.4, 0.5) is 0 Å². The number of carbonyl (C=O) groups is 1. The first kappa shape index (κ1) is 14.6. The lowest BCUT2D eigenvalue weighted by Crippen LogP contribution is -2.35. The fourth-order valence-corrected chi connectivity index (χ4v) is 3.87. The molecule has 3 nitrogen and oxygen atoms in total. The highest BCUT2D eigenvalue weighted by molar-refractivity contribution is 5.84.